The Morgan fingerprint density at radius 2 is 1.96 bits per heavy atom. The molecule has 1 aliphatic heterocycles. The number of halogens is 2. The maximum atomic E-state index is 13.1. The van der Waals surface area contributed by atoms with Gasteiger partial charge in [-0.2, -0.15) is 0 Å². The van der Waals surface area contributed by atoms with Gasteiger partial charge in [-0.05, 0) is 29.3 Å². The van der Waals surface area contributed by atoms with Gasteiger partial charge in [-0.15, -0.1) is 0 Å². The van der Waals surface area contributed by atoms with Crippen LogP contribution in [0, 0.1) is 5.82 Å². The highest BCUT2D eigenvalue weighted by Gasteiger charge is 2.29. The van der Waals surface area contributed by atoms with Crippen LogP contribution >= 0.6 is 11.6 Å². The number of ether oxygens (including phenoxy) is 1. The molecule has 3 heterocycles. The highest BCUT2D eigenvalue weighted by atomic mass is 35.5. The average molecular weight is 387 g/mol. The minimum atomic E-state index is -0.293. The van der Waals surface area contributed by atoms with Gasteiger partial charge in [0.15, 0.2) is 0 Å². The van der Waals surface area contributed by atoms with Crippen molar-refractivity contribution in [3.05, 3.63) is 65.5 Å². The molecule has 3 aromatic rings. The zero-order valence-electron chi connectivity index (χ0n) is 14.2. The molecule has 1 aromatic carbocycles. The van der Waals surface area contributed by atoms with E-state index < -0.39 is 0 Å². The number of aromatic amines is 1. The molecule has 1 N–H and O–H groups in total. The van der Waals surface area contributed by atoms with E-state index in [9.17, 15) is 9.18 Å². The second-order valence-corrected chi connectivity index (χ2v) is 6.71. The lowest BCUT2D eigenvalue weighted by atomic mass is 10.1. The number of carbonyl (C=O) groups is 1. The minimum absolute atomic E-state index is 0.105. The van der Waals surface area contributed by atoms with E-state index in [2.05, 4.69) is 15.0 Å². The number of aromatic nitrogens is 3. The third kappa shape index (κ3) is 3.93. The van der Waals surface area contributed by atoms with Crippen LogP contribution in [0.4, 0.5) is 4.39 Å². The van der Waals surface area contributed by atoms with Crippen LogP contribution < -0.4 is 4.74 Å². The Morgan fingerprint density at radius 3 is 2.70 bits per heavy atom. The lowest BCUT2D eigenvalue weighted by molar-refractivity contribution is 0.0764. The molecule has 0 radical (unpaired) electrons. The summed E-state index contributed by atoms with van der Waals surface area (Å²) in [5, 5.41) is 0.439. The van der Waals surface area contributed by atoms with Crippen molar-refractivity contribution in [1.29, 1.82) is 0 Å². The van der Waals surface area contributed by atoms with Gasteiger partial charge in [0.2, 0.25) is 0 Å². The summed E-state index contributed by atoms with van der Waals surface area (Å²) in [6.45, 7) is 1.04. The quantitative estimate of drug-likeness (QED) is 0.744. The Balaban J connectivity index is 1.40. The Kier molecular flexibility index (Phi) is 4.77. The maximum absolute atomic E-state index is 13.1. The molecule has 27 heavy (non-hydrogen) atoms. The van der Waals surface area contributed by atoms with E-state index in [-0.39, 0.29) is 23.8 Å². The fourth-order valence-corrected chi connectivity index (χ4v) is 3.11. The van der Waals surface area contributed by atoms with E-state index in [1.807, 2.05) is 0 Å². The van der Waals surface area contributed by atoms with Gasteiger partial charge in [-0.1, -0.05) is 23.7 Å². The number of amides is 1. The van der Waals surface area contributed by atoms with Gasteiger partial charge in [-0.25, -0.2) is 14.4 Å². The zero-order chi connectivity index (χ0) is 18.8. The van der Waals surface area contributed by atoms with Gasteiger partial charge in [0, 0.05) is 19.2 Å². The number of hydrogen-bond donors (Lipinski definition) is 1. The van der Waals surface area contributed by atoms with Crippen LogP contribution in [0.2, 0.25) is 5.02 Å². The largest absolute Gasteiger partial charge is 0.458 e. The Labute approximate surface area is 160 Å². The van der Waals surface area contributed by atoms with Crippen molar-refractivity contribution in [1.82, 2.24) is 19.9 Å². The number of nitrogens with one attached hydrogen (secondary N) is 1. The van der Waals surface area contributed by atoms with Gasteiger partial charge in [0.25, 0.3) is 5.91 Å². The van der Waals surface area contributed by atoms with E-state index in [4.69, 9.17) is 16.3 Å². The number of likely N-dealkylation sites (tertiary alicyclic amines) is 1. The summed E-state index contributed by atoms with van der Waals surface area (Å²) in [6, 6.07) is 8.16. The van der Waals surface area contributed by atoms with Gasteiger partial charge in [0.05, 0.1) is 24.0 Å². The molecule has 0 saturated carbocycles. The fraction of sp³-hybridized carbons (Fsp3) is 0.211. The van der Waals surface area contributed by atoms with Gasteiger partial charge >= 0.3 is 6.01 Å². The van der Waals surface area contributed by atoms with E-state index in [0.717, 1.165) is 11.1 Å². The molecular weight excluding hydrogens is 371 g/mol. The first-order chi connectivity index (χ1) is 13.1. The summed E-state index contributed by atoms with van der Waals surface area (Å²) >= 11 is 5.76. The zero-order valence-corrected chi connectivity index (χ0v) is 15.0. The molecule has 1 fully saturated rings. The topological polar surface area (TPSA) is 71.1 Å². The highest BCUT2D eigenvalue weighted by Crippen LogP contribution is 2.23. The van der Waals surface area contributed by atoms with Crippen molar-refractivity contribution in [2.75, 3.05) is 13.1 Å². The smallest absolute Gasteiger partial charge is 0.316 e. The summed E-state index contributed by atoms with van der Waals surface area (Å²) in [6.07, 6.45) is 5.21. The minimum Gasteiger partial charge on any atom is -0.458 e. The van der Waals surface area contributed by atoms with E-state index in [0.29, 0.717) is 30.2 Å². The third-order valence-corrected chi connectivity index (χ3v) is 4.59. The summed E-state index contributed by atoms with van der Waals surface area (Å²) < 4.78 is 18.8. The Hall–Kier alpha value is -2.93. The number of carbonyl (C=O) groups excluding carboxylic acids is 1. The predicted octanol–water partition coefficient (Wildman–Crippen LogP) is 3.56. The van der Waals surface area contributed by atoms with Gasteiger partial charge < -0.3 is 14.6 Å². The number of nitrogens with zero attached hydrogens (tertiary/aromatic N) is 3. The molecule has 6 nitrogen and oxygen atoms in total. The van der Waals surface area contributed by atoms with Crippen LogP contribution in [0.1, 0.15) is 16.9 Å². The van der Waals surface area contributed by atoms with E-state index in [1.54, 1.807) is 29.3 Å². The summed E-state index contributed by atoms with van der Waals surface area (Å²) in [5.74, 6) is -0.398. The van der Waals surface area contributed by atoms with Crippen molar-refractivity contribution in [3.8, 4) is 17.1 Å². The molecule has 0 unspecified atom stereocenters. The standard InChI is InChI=1S/C19H16ClFN4O2/c20-14-9-23-19(24-10-14)27-16-5-6-25(11-16)18(26)17-7-13(8-22-17)12-1-3-15(21)4-2-12/h1-4,7-10,16,22H,5-6,11H2/t16-/m0/s1. The monoisotopic (exact) mass is 386 g/mol. The number of rotatable bonds is 4. The lowest BCUT2D eigenvalue weighted by Crippen LogP contribution is -2.31. The molecular formula is C19H16ClFN4O2. The first kappa shape index (κ1) is 17.5. The molecule has 0 bridgehead atoms. The van der Waals surface area contributed by atoms with Crippen molar-refractivity contribution >= 4 is 17.5 Å². The van der Waals surface area contributed by atoms with Crippen LogP contribution in [0.15, 0.2) is 48.9 Å². The van der Waals surface area contributed by atoms with Gasteiger partial charge in [0.1, 0.15) is 17.6 Å². The second-order valence-electron chi connectivity index (χ2n) is 6.27. The Morgan fingerprint density at radius 1 is 1.22 bits per heavy atom. The van der Waals surface area contributed by atoms with Crippen LogP contribution in [-0.2, 0) is 0 Å². The Bertz CT molecular complexity index is 943. The average Bonchev–Trinajstić information content (AvgIpc) is 3.34. The predicted molar refractivity (Wildman–Crippen MR) is 98.2 cm³/mol. The molecule has 4 rings (SSSR count). The van der Waals surface area contributed by atoms with Crippen LogP contribution in [-0.4, -0.2) is 45.0 Å². The normalized spacial score (nSPS) is 16.5. The number of H-pyrrole nitrogens is 1. The number of hydrogen-bond acceptors (Lipinski definition) is 4. The molecule has 0 aliphatic carbocycles. The molecule has 2 aromatic heterocycles. The fourth-order valence-electron chi connectivity index (χ4n) is 3.02. The maximum Gasteiger partial charge on any atom is 0.316 e. The van der Waals surface area contributed by atoms with Crippen LogP contribution in [0.25, 0.3) is 11.1 Å². The van der Waals surface area contributed by atoms with Crippen molar-refractivity contribution in [3.63, 3.8) is 0 Å². The molecule has 8 heteroatoms. The highest BCUT2D eigenvalue weighted by molar-refractivity contribution is 6.30. The van der Waals surface area contributed by atoms with Gasteiger partial charge in [-0.3, -0.25) is 4.79 Å². The van der Waals surface area contributed by atoms with Crippen molar-refractivity contribution in [2.24, 2.45) is 0 Å². The van der Waals surface area contributed by atoms with Crippen molar-refractivity contribution in [2.45, 2.75) is 12.5 Å². The molecule has 1 aliphatic rings. The first-order valence-electron chi connectivity index (χ1n) is 8.46. The molecule has 0 spiro atoms. The SMILES string of the molecule is O=C(c1cc(-c2ccc(F)cc2)c[nH]1)N1CC[C@H](Oc2ncc(Cl)cn2)C1. The molecule has 1 saturated heterocycles. The number of benzene rings is 1. The van der Waals surface area contributed by atoms with E-state index >= 15 is 0 Å². The second kappa shape index (κ2) is 7.36. The van der Waals surface area contributed by atoms with E-state index in [1.165, 1.54) is 24.5 Å². The van der Waals surface area contributed by atoms with Crippen LogP contribution in [0.5, 0.6) is 6.01 Å². The van der Waals surface area contributed by atoms with Crippen LogP contribution in [0.3, 0.4) is 0 Å². The summed E-state index contributed by atoms with van der Waals surface area (Å²) in [5.41, 5.74) is 2.16. The molecule has 1 amide bonds. The summed E-state index contributed by atoms with van der Waals surface area (Å²) in [4.78, 5) is 25.5. The third-order valence-electron chi connectivity index (χ3n) is 4.39. The lowest BCUT2D eigenvalue weighted by Gasteiger charge is -2.15. The first-order valence-corrected chi connectivity index (χ1v) is 8.84. The summed E-state index contributed by atoms with van der Waals surface area (Å²) in [7, 11) is 0. The molecule has 138 valence electrons. The van der Waals surface area contributed by atoms with Crippen molar-refractivity contribution < 1.29 is 13.9 Å². The molecule has 1 atom stereocenters.